The van der Waals surface area contributed by atoms with E-state index in [4.69, 9.17) is 16.6 Å². The van der Waals surface area contributed by atoms with E-state index in [-0.39, 0.29) is 6.04 Å². The Morgan fingerprint density at radius 2 is 1.67 bits per heavy atom. The van der Waals surface area contributed by atoms with Crippen LogP contribution in [0.4, 0.5) is 5.69 Å². The molecule has 1 unspecified atom stereocenters. The quantitative estimate of drug-likeness (QED) is 0.799. The summed E-state index contributed by atoms with van der Waals surface area (Å²) in [7, 11) is 0. The van der Waals surface area contributed by atoms with Crippen LogP contribution in [0.25, 0.3) is 0 Å². The Bertz CT molecular complexity index is 791. The van der Waals surface area contributed by atoms with E-state index in [0.29, 0.717) is 11.6 Å². The number of hydrogen-bond donors (Lipinski definition) is 0. The minimum atomic E-state index is -0.107. The first-order valence-electron chi connectivity index (χ1n) is 6.84. The summed E-state index contributed by atoms with van der Waals surface area (Å²) < 4.78 is 0. The van der Waals surface area contributed by atoms with Gasteiger partial charge in [-0.05, 0) is 11.6 Å². The van der Waals surface area contributed by atoms with Crippen molar-refractivity contribution in [1.29, 1.82) is 0 Å². The van der Waals surface area contributed by atoms with Gasteiger partial charge in [-0.25, -0.2) is 9.98 Å². The summed E-state index contributed by atoms with van der Waals surface area (Å²) in [6.07, 6.45) is 0.715. The molecule has 0 saturated carbocycles. The van der Waals surface area contributed by atoms with Crippen molar-refractivity contribution in [1.82, 2.24) is 0 Å². The Kier molecular flexibility index (Phi) is 2.93. The fraction of sp³-hybridized carbons (Fsp3) is 0.118. The van der Waals surface area contributed by atoms with Crippen molar-refractivity contribution in [2.45, 2.75) is 12.5 Å². The molecular weight excluding hydrogens is 282 g/mol. The molecule has 2 aliphatic rings. The molecule has 0 saturated heterocycles. The summed E-state index contributed by atoms with van der Waals surface area (Å²) in [5.41, 5.74) is 3.92. The van der Waals surface area contributed by atoms with Gasteiger partial charge in [0.15, 0.2) is 5.17 Å². The van der Waals surface area contributed by atoms with Crippen molar-refractivity contribution >= 4 is 34.0 Å². The van der Waals surface area contributed by atoms with E-state index >= 15 is 0 Å². The molecule has 2 aromatic rings. The van der Waals surface area contributed by atoms with Gasteiger partial charge < -0.3 is 0 Å². The highest BCUT2D eigenvalue weighted by Crippen LogP contribution is 2.37. The van der Waals surface area contributed by atoms with Crippen LogP contribution in [0.3, 0.4) is 0 Å². The lowest BCUT2D eigenvalue weighted by atomic mass is 9.99. The Hall–Kier alpha value is -2.26. The van der Waals surface area contributed by atoms with Gasteiger partial charge >= 0.3 is 0 Å². The lowest BCUT2D eigenvalue weighted by Gasteiger charge is -2.17. The molecule has 0 aromatic heterocycles. The maximum Gasteiger partial charge on any atom is 0.153 e. The second-order valence-electron chi connectivity index (χ2n) is 5.07. The molecule has 0 amide bonds. The highest BCUT2D eigenvalue weighted by atomic mass is 35.5. The van der Waals surface area contributed by atoms with Crippen LogP contribution in [0.5, 0.6) is 0 Å². The van der Waals surface area contributed by atoms with E-state index in [1.165, 1.54) is 5.56 Å². The van der Waals surface area contributed by atoms with Gasteiger partial charge in [0, 0.05) is 12.0 Å². The van der Waals surface area contributed by atoms with Crippen LogP contribution in [-0.2, 0) is 6.42 Å². The lowest BCUT2D eigenvalue weighted by Crippen LogP contribution is -2.18. The van der Waals surface area contributed by atoms with Gasteiger partial charge in [0.25, 0.3) is 0 Å². The predicted octanol–water partition coefficient (Wildman–Crippen LogP) is 4.11. The van der Waals surface area contributed by atoms with Crippen LogP contribution in [0.15, 0.2) is 69.6 Å². The molecule has 0 N–H and O–H groups in total. The number of amidine groups is 1. The van der Waals surface area contributed by atoms with Gasteiger partial charge in [0.2, 0.25) is 0 Å². The van der Waals surface area contributed by atoms with E-state index in [1.54, 1.807) is 0 Å². The maximum absolute atomic E-state index is 6.26. The van der Waals surface area contributed by atoms with Crippen LogP contribution in [0.2, 0.25) is 0 Å². The van der Waals surface area contributed by atoms with E-state index in [9.17, 15) is 0 Å². The molecule has 4 rings (SSSR count). The maximum atomic E-state index is 6.26. The van der Waals surface area contributed by atoms with Gasteiger partial charge in [0.1, 0.15) is 17.6 Å². The second kappa shape index (κ2) is 4.93. The van der Waals surface area contributed by atoms with Gasteiger partial charge in [-0.3, -0.25) is 4.99 Å². The van der Waals surface area contributed by atoms with Gasteiger partial charge in [-0.1, -0.05) is 60.1 Å². The average Bonchev–Trinajstić information content (AvgIpc) is 2.93. The van der Waals surface area contributed by atoms with E-state index in [2.05, 4.69) is 22.1 Å². The summed E-state index contributed by atoms with van der Waals surface area (Å²) in [6.45, 7) is 0. The standard InChI is InChI=1S/C17H12ClN3/c18-17-16-15(12-8-4-5-9-13(12)19-17)20-14(21-16)10-11-6-2-1-3-7-11/h1-9,15H,10H2. The third kappa shape index (κ3) is 2.20. The Morgan fingerprint density at radius 1 is 0.905 bits per heavy atom. The summed E-state index contributed by atoms with van der Waals surface area (Å²) in [6, 6.07) is 18.0. The molecule has 0 fully saturated rings. The van der Waals surface area contributed by atoms with Crippen molar-refractivity contribution in [3.8, 4) is 0 Å². The van der Waals surface area contributed by atoms with Gasteiger partial charge in [-0.15, -0.1) is 0 Å². The summed E-state index contributed by atoms with van der Waals surface area (Å²) in [5.74, 6) is 0.811. The molecule has 1 atom stereocenters. The zero-order valence-corrected chi connectivity index (χ0v) is 12.0. The molecule has 21 heavy (non-hydrogen) atoms. The zero-order valence-electron chi connectivity index (χ0n) is 11.2. The largest absolute Gasteiger partial charge is 0.255 e. The first-order chi connectivity index (χ1) is 10.3. The zero-order chi connectivity index (χ0) is 14.2. The Labute approximate surface area is 127 Å². The van der Waals surface area contributed by atoms with E-state index in [1.807, 2.05) is 42.5 Å². The third-order valence-corrected chi connectivity index (χ3v) is 3.93. The normalized spacial score (nSPS) is 19.3. The van der Waals surface area contributed by atoms with Crippen molar-refractivity contribution in [3.05, 3.63) is 65.7 Å². The highest BCUT2D eigenvalue weighted by Gasteiger charge is 2.32. The molecule has 102 valence electrons. The number of benzene rings is 2. The topological polar surface area (TPSA) is 37.1 Å². The number of para-hydroxylation sites is 1. The lowest BCUT2D eigenvalue weighted by molar-refractivity contribution is 0.980. The molecule has 0 radical (unpaired) electrons. The molecule has 2 aliphatic heterocycles. The number of halogens is 1. The smallest absolute Gasteiger partial charge is 0.153 e. The number of rotatable bonds is 2. The van der Waals surface area contributed by atoms with E-state index < -0.39 is 0 Å². The average molecular weight is 294 g/mol. The fourth-order valence-electron chi connectivity index (χ4n) is 2.66. The van der Waals surface area contributed by atoms with Crippen LogP contribution in [0, 0.1) is 0 Å². The number of aliphatic imine (C=N–C) groups is 3. The highest BCUT2D eigenvalue weighted by molar-refractivity contribution is 6.85. The predicted molar refractivity (Wildman–Crippen MR) is 87.1 cm³/mol. The van der Waals surface area contributed by atoms with Crippen LogP contribution in [-0.4, -0.2) is 16.7 Å². The summed E-state index contributed by atoms with van der Waals surface area (Å²) in [4.78, 5) is 13.7. The molecular formula is C17H12ClN3. The van der Waals surface area contributed by atoms with Gasteiger partial charge in [-0.2, -0.15) is 0 Å². The number of nitrogens with zero attached hydrogens (tertiary/aromatic N) is 3. The fourth-order valence-corrected chi connectivity index (χ4v) is 2.90. The molecule has 3 nitrogen and oxygen atoms in total. The van der Waals surface area contributed by atoms with Crippen molar-refractivity contribution in [2.75, 3.05) is 0 Å². The molecule has 0 aliphatic carbocycles. The molecule has 0 bridgehead atoms. The second-order valence-corrected chi connectivity index (χ2v) is 5.43. The van der Waals surface area contributed by atoms with Crippen LogP contribution in [0.1, 0.15) is 17.2 Å². The van der Waals surface area contributed by atoms with Crippen molar-refractivity contribution in [2.24, 2.45) is 15.0 Å². The monoisotopic (exact) mass is 293 g/mol. The molecule has 2 aromatic carbocycles. The van der Waals surface area contributed by atoms with Crippen molar-refractivity contribution in [3.63, 3.8) is 0 Å². The van der Waals surface area contributed by atoms with E-state index in [0.717, 1.165) is 22.8 Å². The molecule has 2 heterocycles. The Balaban J connectivity index is 1.72. The minimum absolute atomic E-state index is 0.107. The van der Waals surface area contributed by atoms with Crippen LogP contribution >= 0.6 is 11.6 Å². The first kappa shape index (κ1) is 12.5. The Morgan fingerprint density at radius 3 is 2.52 bits per heavy atom. The third-order valence-electron chi connectivity index (χ3n) is 3.65. The molecule has 4 heteroatoms. The first-order valence-corrected chi connectivity index (χ1v) is 7.22. The number of hydrogen-bond acceptors (Lipinski definition) is 3. The molecule has 0 spiro atoms. The summed E-state index contributed by atoms with van der Waals surface area (Å²) in [5, 5.41) is 0.450. The SMILES string of the molecule is ClC1=Nc2ccccc2C2N=C(Cc3ccccc3)N=C12. The van der Waals surface area contributed by atoms with Gasteiger partial charge in [0.05, 0.1) is 5.69 Å². The summed E-state index contributed by atoms with van der Waals surface area (Å²) >= 11 is 6.26. The van der Waals surface area contributed by atoms with Crippen LogP contribution < -0.4 is 0 Å². The minimum Gasteiger partial charge on any atom is -0.255 e. The number of fused-ring (bicyclic) bond motifs is 3. The van der Waals surface area contributed by atoms with Crippen molar-refractivity contribution < 1.29 is 0 Å².